The van der Waals surface area contributed by atoms with Crippen molar-refractivity contribution in [3.8, 4) is 0 Å². The van der Waals surface area contributed by atoms with E-state index in [1.807, 2.05) is 0 Å². The van der Waals surface area contributed by atoms with E-state index in [1.165, 1.54) is 0 Å². The molecule has 0 aromatic heterocycles. The van der Waals surface area contributed by atoms with Crippen LogP contribution in [0.4, 0.5) is 0 Å². The molecule has 2 unspecified atom stereocenters. The number of amides is 2. The first-order valence-electron chi connectivity index (χ1n) is 7.55. The van der Waals surface area contributed by atoms with E-state index in [0.717, 1.165) is 45.4 Å². The molecule has 0 spiro atoms. The molecule has 2 aliphatic rings. The average molecular weight is 266 g/mol. The molecule has 0 saturated carbocycles. The van der Waals surface area contributed by atoms with E-state index >= 15 is 0 Å². The van der Waals surface area contributed by atoms with Crippen molar-refractivity contribution in [2.45, 2.75) is 40.0 Å². The zero-order chi connectivity index (χ0) is 14.0. The van der Waals surface area contributed by atoms with E-state index in [4.69, 9.17) is 0 Å². The molecule has 19 heavy (non-hydrogen) atoms. The van der Waals surface area contributed by atoms with Gasteiger partial charge in [0.25, 0.3) is 0 Å². The molecule has 4 nitrogen and oxygen atoms in total. The summed E-state index contributed by atoms with van der Waals surface area (Å²) in [5.41, 5.74) is 0. The van der Waals surface area contributed by atoms with E-state index in [2.05, 4.69) is 20.8 Å². The highest BCUT2D eigenvalue weighted by atomic mass is 16.2. The van der Waals surface area contributed by atoms with Crippen LogP contribution in [0.5, 0.6) is 0 Å². The normalized spacial score (nSPS) is 29.4. The first kappa shape index (κ1) is 14.4. The van der Waals surface area contributed by atoms with Crippen LogP contribution in [0.15, 0.2) is 0 Å². The summed E-state index contributed by atoms with van der Waals surface area (Å²) >= 11 is 0. The van der Waals surface area contributed by atoms with Crippen LogP contribution in [-0.4, -0.2) is 47.8 Å². The SMILES string of the molecule is CC1CCN(C(=O)C(=O)N2CC(C)CC(C)C2)CC1. The Morgan fingerprint density at radius 2 is 1.26 bits per heavy atom. The van der Waals surface area contributed by atoms with E-state index < -0.39 is 0 Å². The highest BCUT2D eigenvalue weighted by molar-refractivity contribution is 6.34. The summed E-state index contributed by atoms with van der Waals surface area (Å²) in [5, 5.41) is 0. The smallest absolute Gasteiger partial charge is 0.312 e. The number of nitrogens with zero attached hydrogens (tertiary/aromatic N) is 2. The molecule has 108 valence electrons. The number of rotatable bonds is 0. The van der Waals surface area contributed by atoms with Gasteiger partial charge in [0.15, 0.2) is 0 Å². The third kappa shape index (κ3) is 3.48. The second-order valence-electron chi connectivity index (χ2n) is 6.63. The predicted molar refractivity (Wildman–Crippen MR) is 74.5 cm³/mol. The monoisotopic (exact) mass is 266 g/mol. The lowest BCUT2D eigenvalue weighted by Gasteiger charge is -2.36. The number of piperidine rings is 2. The second kappa shape index (κ2) is 5.93. The molecule has 0 aromatic carbocycles. The van der Waals surface area contributed by atoms with Gasteiger partial charge in [-0.1, -0.05) is 20.8 Å². The zero-order valence-corrected chi connectivity index (χ0v) is 12.4. The lowest BCUT2D eigenvalue weighted by Crippen LogP contribution is -2.51. The fourth-order valence-electron chi connectivity index (χ4n) is 3.31. The Morgan fingerprint density at radius 1 is 0.789 bits per heavy atom. The molecule has 2 amide bonds. The van der Waals surface area contributed by atoms with E-state index in [0.29, 0.717) is 17.8 Å². The fourth-order valence-corrected chi connectivity index (χ4v) is 3.31. The van der Waals surface area contributed by atoms with Gasteiger partial charge in [0.1, 0.15) is 0 Å². The minimum atomic E-state index is -0.284. The Morgan fingerprint density at radius 3 is 1.79 bits per heavy atom. The van der Waals surface area contributed by atoms with Crippen molar-refractivity contribution in [3.63, 3.8) is 0 Å². The van der Waals surface area contributed by atoms with Crippen molar-refractivity contribution in [3.05, 3.63) is 0 Å². The molecule has 2 fully saturated rings. The largest absolute Gasteiger partial charge is 0.334 e. The Balaban J connectivity index is 1.93. The highest BCUT2D eigenvalue weighted by Gasteiger charge is 2.32. The van der Waals surface area contributed by atoms with Crippen LogP contribution >= 0.6 is 0 Å². The Hall–Kier alpha value is -1.06. The van der Waals surface area contributed by atoms with E-state index in [9.17, 15) is 9.59 Å². The summed E-state index contributed by atoms with van der Waals surface area (Å²) in [6.07, 6.45) is 3.19. The summed E-state index contributed by atoms with van der Waals surface area (Å²) in [4.78, 5) is 28.1. The van der Waals surface area contributed by atoms with Gasteiger partial charge in [-0.15, -0.1) is 0 Å². The maximum absolute atomic E-state index is 12.3. The van der Waals surface area contributed by atoms with Crippen molar-refractivity contribution in [2.75, 3.05) is 26.2 Å². The molecule has 2 aliphatic heterocycles. The molecule has 0 radical (unpaired) electrons. The Kier molecular flexibility index (Phi) is 4.48. The summed E-state index contributed by atoms with van der Waals surface area (Å²) in [5.74, 6) is 1.11. The quantitative estimate of drug-likeness (QED) is 0.627. The minimum absolute atomic E-state index is 0.284. The van der Waals surface area contributed by atoms with Crippen molar-refractivity contribution in [2.24, 2.45) is 17.8 Å². The van der Waals surface area contributed by atoms with E-state index in [-0.39, 0.29) is 11.8 Å². The Bertz CT molecular complexity index is 338. The van der Waals surface area contributed by atoms with Gasteiger partial charge in [-0.25, -0.2) is 0 Å². The summed E-state index contributed by atoms with van der Waals surface area (Å²) < 4.78 is 0. The molecule has 0 bridgehead atoms. The van der Waals surface area contributed by atoms with Gasteiger partial charge in [-0.2, -0.15) is 0 Å². The van der Waals surface area contributed by atoms with Gasteiger partial charge in [-0.05, 0) is 37.0 Å². The zero-order valence-electron chi connectivity index (χ0n) is 12.4. The molecule has 2 heterocycles. The van der Waals surface area contributed by atoms with Crippen molar-refractivity contribution in [1.29, 1.82) is 0 Å². The van der Waals surface area contributed by atoms with Crippen LogP contribution in [0, 0.1) is 17.8 Å². The second-order valence-corrected chi connectivity index (χ2v) is 6.63. The number of carbonyl (C=O) groups excluding carboxylic acids is 2. The number of likely N-dealkylation sites (tertiary alicyclic amines) is 2. The molecule has 2 rings (SSSR count). The van der Waals surface area contributed by atoms with Gasteiger partial charge < -0.3 is 9.80 Å². The van der Waals surface area contributed by atoms with Gasteiger partial charge in [0.2, 0.25) is 0 Å². The molecule has 0 aromatic rings. The molecule has 0 N–H and O–H groups in total. The van der Waals surface area contributed by atoms with Crippen molar-refractivity contribution >= 4 is 11.8 Å². The lowest BCUT2D eigenvalue weighted by molar-refractivity contribution is -0.154. The summed E-state index contributed by atoms with van der Waals surface area (Å²) in [6, 6.07) is 0. The van der Waals surface area contributed by atoms with Crippen LogP contribution in [0.25, 0.3) is 0 Å². The van der Waals surface area contributed by atoms with E-state index in [1.54, 1.807) is 9.80 Å². The van der Waals surface area contributed by atoms with Crippen molar-refractivity contribution in [1.82, 2.24) is 9.80 Å². The first-order chi connectivity index (χ1) is 8.97. The molecular weight excluding hydrogens is 240 g/mol. The van der Waals surface area contributed by atoms with Gasteiger partial charge >= 0.3 is 11.8 Å². The van der Waals surface area contributed by atoms with Crippen molar-refractivity contribution < 1.29 is 9.59 Å². The first-order valence-corrected chi connectivity index (χ1v) is 7.55. The van der Waals surface area contributed by atoms with Crippen LogP contribution in [0.1, 0.15) is 40.0 Å². The molecule has 0 aliphatic carbocycles. The Labute approximate surface area is 116 Å². The molecule has 2 saturated heterocycles. The topological polar surface area (TPSA) is 40.6 Å². The maximum Gasteiger partial charge on any atom is 0.312 e. The van der Waals surface area contributed by atoms with Crippen LogP contribution < -0.4 is 0 Å². The average Bonchev–Trinajstić information content (AvgIpc) is 2.37. The van der Waals surface area contributed by atoms with Crippen LogP contribution in [0.3, 0.4) is 0 Å². The third-order valence-electron chi connectivity index (χ3n) is 4.41. The van der Waals surface area contributed by atoms with Gasteiger partial charge in [-0.3, -0.25) is 9.59 Å². The highest BCUT2D eigenvalue weighted by Crippen LogP contribution is 2.22. The molecular formula is C15H26N2O2. The van der Waals surface area contributed by atoms with Gasteiger partial charge in [0, 0.05) is 26.2 Å². The summed E-state index contributed by atoms with van der Waals surface area (Å²) in [6.45, 7) is 9.47. The minimum Gasteiger partial charge on any atom is -0.334 e. The number of hydrogen-bond donors (Lipinski definition) is 0. The van der Waals surface area contributed by atoms with Gasteiger partial charge in [0.05, 0.1) is 0 Å². The fraction of sp³-hybridized carbons (Fsp3) is 0.867. The standard InChI is InChI=1S/C15H26N2O2/c1-11-4-6-16(7-5-11)14(18)15(19)17-9-12(2)8-13(3)10-17/h11-13H,4-10H2,1-3H3. The molecule has 4 heteroatoms. The molecule has 2 atom stereocenters. The lowest BCUT2D eigenvalue weighted by atomic mass is 9.92. The third-order valence-corrected chi connectivity index (χ3v) is 4.41. The number of hydrogen-bond acceptors (Lipinski definition) is 2. The van der Waals surface area contributed by atoms with Crippen LogP contribution in [-0.2, 0) is 9.59 Å². The number of carbonyl (C=O) groups is 2. The predicted octanol–water partition coefficient (Wildman–Crippen LogP) is 1.75. The maximum atomic E-state index is 12.3. The van der Waals surface area contributed by atoms with Crippen LogP contribution in [0.2, 0.25) is 0 Å². The summed E-state index contributed by atoms with van der Waals surface area (Å²) in [7, 11) is 0.